The van der Waals surface area contributed by atoms with Gasteiger partial charge in [-0.3, -0.25) is 0 Å². The van der Waals surface area contributed by atoms with Crippen LogP contribution in [0.1, 0.15) is 37.1 Å². The molecule has 3 rings (SSSR count). The Kier molecular flexibility index (Phi) is 4.58. The molecule has 0 fully saturated rings. The SMILES string of the molecule is CCCc1ccc(-c2ccc3cc(CCC)sc3c2F)cc1. The Hall–Kier alpha value is -1.67. The minimum atomic E-state index is -0.0758. The molecule has 2 heteroatoms. The summed E-state index contributed by atoms with van der Waals surface area (Å²) in [6, 6.07) is 14.4. The molecule has 0 saturated carbocycles. The summed E-state index contributed by atoms with van der Waals surface area (Å²) in [5, 5.41) is 1.03. The van der Waals surface area contributed by atoms with Crippen molar-refractivity contribution >= 4 is 21.4 Å². The van der Waals surface area contributed by atoms with E-state index in [1.165, 1.54) is 10.4 Å². The standard InChI is InChI=1S/C20H21FS/c1-3-5-14-7-9-15(10-8-14)18-12-11-16-13-17(6-4-2)22-20(16)19(18)21/h7-13H,3-6H2,1-2H3. The molecule has 0 unspecified atom stereocenters. The van der Waals surface area contributed by atoms with Gasteiger partial charge in [0.15, 0.2) is 0 Å². The van der Waals surface area contributed by atoms with Crippen molar-refractivity contribution in [3.63, 3.8) is 0 Å². The Labute approximate surface area is 135 Å². The Morgan fingerprint density at radius 1 is 0.909 bits per heavy atom. The molecule has 0 bridgehead atoms. The molecule has 1 heterocycles. The predicted molar refractivity (Wildman–Crippen MR) is 95.2 cm³/mol. The highest BCUT2D eigenvalue weighted by Crippen LogP contribution is 2.34. The van der Waals surface area contributed by atoms with Crippen LogP contribution in [0.3, 0.4) is 0 Å². The van der Waals surface area contributed by atoms with E-state index in [4.69, 9.17) is 0 Å². The molecule has 0 spiro atoms. The first kappa shape index (κ1) is 15.2. The van der Waals surface area contributed by atoms with Gasteiger partial charge in [-0.15, -0.1) is 11.3 Å². The summed E-state index contributed by atoms with van der Waals surface area (Å²) in [7, 11) is 0. The molecule has 2 aromatic carbocycles. The summed E-state index contributed by atoms with van der Waals surface area (Å²) >= 11 is 1.59. The Balaban J connectivity index is 2.01. The summed E-state index contributed by atoms with van der Waals surface area (Å²) in [5.74, 6) is -0.0758. The maximum absolute atomic E-state index is 14.9. The molecule has 22 heavy (non-hydrogen) atoms. The lowest BCUT2D eigenvalue weighted by molar-refractivity contribution is 0.645. The zero-order valence-electron chi connectivity index (χ0n) is 13.2. The zero-order chi connectivity index (χ0) is 15.5. The molecule has 0 N–H and O–H groups in total. The van der Waals surface area contributed by atoms with Gasteiger partial charge < -0.3 is 0 Å². The van der Waals surface area contributed by atoms with Crippen molar-refractivity contribution in [2.45, 2.75) is 39.5 Å². The van der Waals surface area contributed by atoms with Gasteiger partial charge in [-0.1, -0.05) is 63.1 Å². The number of thiophene rings is 1. The lowest BCUT2D eigenvalue weighted by atomic mass is 10.0. The van der Waals surface area contributed by atoms with Crippen molar-refractivity contribution in [2.75, 3.05) is 0 Å². The van der Waals surface area contributed by atoms with Crippen LogP contribution < -0.4 is 0 Å². The molecule has 0 aliphatic rings. The van der Waals surface area contributed by atoms with Crippen molar-refractivity contribution < 1.29 is 4.39 Å². The first-order valence-corrected chi connectivity index (χ1v) is 8.84. The summed E-state index contributed by atoms with van der Waals surface area (Å²) in [4.78, 5) is 1.27. The number of rotatable bonds is 5. The Morgan fingerprint density at radius 2 is 1.64 bits per heavy atom. The minimum absolute atomic E-state index is 0.0758. The maximum Gasteiger partial charge on any atom is 0.148 e. The monoisotopic (exact) mass is 312 g/mol. The molecule has 0 aliphatic carbocycles. The average molecular weight is 312 g/mol. The molecular weight excluding hydrogens is 291 g/mol. The number of aryl methyl sites for hydroxylation is 2. The second-order valence-corrected chi connectivity index (χ2v) is 6.89. The fourth-order valence-electron chi connectivity index (χ4n) is 2.85. The number of benzene rings is 2. The number of hydrogen-bond donors (Lipinski definition) is 0. The molecule has 0 amide bonds. The maximum atomic E-state index is 14.9. The fraction of sp³-hybridized carbons (Fsp3) is 0.300. The van der Waals surface area contributed by atoms with Gasteiger partial charge in [-0.05, 0) is 35.4 Å². The van der Waals surface area contributed by atoms with E-state index in [1.54, 1.807) is 11.3 Å². The third-order valence-electron chi connectivity index (χ3n) is 3.98. The van der Waals surface area contributed by atoms with Gasteiger partial charge in [-0.25, -0.2) is 4.39 Å². The van der Waals surface area contributed by atoms with E-state index in [0.717, 1.165) is 41.3 Å². The van der Waals surface area contributed by atoms with Crippen LogP contribution in [-0.2, 0) is 12.8 Å². The molecule has 0 radical (unpaired) electrons. The van der Waals surface area contributed by atoms with E-state index in [9.17, 15) is 4.39 Å². The van der Waals surface area contributed by atoms with Crippen LogP contribution in [0.5, 0.6) is 0 Å². The van der Waals surface area contributed by atoms with Crippen LogP contribution >= 0.6 is 11.3 Å². The van der Waals surface area contributed by atoms with Crippen molar-refractivity contribution in [3.05, 3.63) is 58.7 Å². The largest absolute Gasteiger partial charge is 0.205 e. The normalized spacial score (nSPS) is 11.2. The van der Waals surface area contributed by atoms with Gasteiger partial charge in [0.25, 0.3) is 0 Å². The third-order valence-corrected chi connectivity index (χ3v) is 5.18. The second kappa shape index (κ2) is 6.62. The van der Waals surface area contributed by atoms with Gasteiger partial charge in [0.2, 0.25) is 0 Å². The quantitative estimate of drug-likeness (QED) is 0.497. The highest BCUT2D eigenvalue weighted by molar-refractivity contribution is 7.19. The van der Waals surface area contributed by atoms with E-state index in [-0.39, 0.29) is 5.82 Å². The van der Waals surface area contributed by atoms with Crippen LogP contribution in [0.4, 0.5) is 4.39 Å². The molecule has 0 saturated heterocycles. The van der Waals surface area contributed by atoms with E-state index < -0.39 is 0 Å². The molecule has 0 nitrogen and oxygen atoms in total. The smallest absolute Gasteiger partial charge is 0.148 e. The molecule has 0 atom stereocenters. The zero-order valence-corrected chi connectivity index (χ0v) is 14.0. The van der Waals surface area contributed by atoms with Crippen LogP contribution in [0.25, 0.3) is 21.2 Å². The molecule has 3 aromatic rings. The number of fused-ring (bicyclic) bond motifs is 1. The van der Waals surface area contributed by atoms with Crippen molar-refractivity contribution in [1.82, 2.24) is 0 Å². The fourth-order valence-corrected chi connectivity index (χ4v) is 4.05. The lowest BCUT2D eigenvalue weighted by Crippen LogP contribution is -1.87. The molecule has 0 aliphatic heterocycles. The molecular formula is C20H21FS. The summed E-state index contributed by atoms with van der Waals surface area (Å²) in [5.41, 5.74) is 2.99. The van der Waals surface area contributed by atoms with Gasteiger partial charge in [0.05, 0.1) is 4.70 Å². The average Bonchev–Trinajstić information content (AvgIpc) is 2.93. The topological polar surface area (TPSA) is 0 Å². The summed E-state index contributed by atoms with van der Waals surface area (Å²) in [6.45, 7) is 4.33. The molecule has 1 aromatic heterocycles. The van der Waals surface area contributed by atoms with Crippen LogP contribution in [0, 0.1) is 5.82 Å². The Bertz CT molecular complexity index is 768. The van der Waals surface area contributed by atoms with E-state index >= 15 is 0 Å². The lowest BCUT2D eigenvalue weighted by Gasteiger charge is -2.06. The van der Waals surface area contributed by atoms with Crippen LogP contribution in [-0.4, -0.2) is 0 Å². The van der Waals surface area contributed by atoms with Gasteiger partial charge in [0, 0.05) is 10.4 Å². The number of hydrogen-bond acceptors (Lipinski definition) is 1. The summed E-state index contributed by atoms with van der Waals surface area (Å²) < 4.78 is 15.7. The van der Waals surface area contributed by atoms with E-state index in [0.29, 0.717) is 5.56 Å². The van der Waals surface area contributed by atoms with E-state index in [2.05, 4.69) is 32.0 Å². The first-order chi connectivity index (χ1) is 10.7. The second-order valence-electron chi connectivity index (χ2n) is 5.76. The highest BCUT2D eigenvalue weighted by atomic mass is 32.1. The van der Waals surface area contributed by atoms with E-state index in [1.807, 2.05) is 24.3 Å². The third kappa shape index (κ3) is 2.93. The first-order valence-electron chi connectivity index (χ1n) is 8.03. The van der Waals surface area contributed by atoms with Crippen molar-refractivity contribution in [1.29, 1.82) is 0 Å². The van der Waals surface area contributed by atoms with Gasteiger partial charge in [-0.2, -0.15) is 0 Å². The number of halogens is 1. The van der Waals surface area contributed by atoms with Crippen molar-refractivity contribution in [3.8, 4) is 11.1 Å². The summed E-state index contributed by atoms with van der Waals surface area (Å²) in [6.07, 6.45) is 4.34. The molecule has 114 valence electrons. The van der Waals surface area contributed by atoms with Gasteiger partial charge in [0.1, 0.15) is 5.82 Å². The Morgan fingerprint density at radius 3 is 2.32 bits per heavy atom. The van der Waals surface area contributed by atoms with Crippen molar-refractivity contribution in [2.24, 2.45) is 0 Å². The highest BCUT2D eigenvalue weighted by Gasteiger charge is 2.12. The minimum Gasteiger partial charge on any atom is -0.205 e. The van der Waals surface area contributed by atoms with Crippen LogP contribution in [0.2, 0.25) is 0 Å². The predicted octanol–water partition coefficient (Wildman–Crippen LogP) is 6.61. The van der Waals surface area contributed by atoms with Gasteiger partial charge >= 0.3 is 0 Å². The van der Waals surface area contributed by atoms with Crippen LogP contribution in [0.15, 0.2) is 42.5 Å².